The highest BCUT2D eigenvalue weighted by molar-refractivity contribution is 5.75. The average molecular weight is 744 g/mol. The van der Waals surface area contributed by atoms with Gasteiger partial charge in [0, 0.05) is 36.2 Å². The van der Waals surface area contributed by atoms with E-state index < -0.39 is 12.4 Å². The highest BCUT2D eigenvalue weighted by Crippen LogP contribution is 2.55. The van der Waals surface area contributed by atoms with Gasteiger partial charge in [-0.15, -0.1) is 0 Å². The summed E-state index contributed by atoms with van der Waals surface area (Å²) in [7, 11) is 2.04. The van der Waals surface area contributed by atoms with E-state index in [-0.39, 0.29) is 42.3 Å². The molecule has 1 saturated heterocycles. The van der Waals surface area contributed by atoms with Crippen molar-refractivity contribution in [3.05, 3.63) is 131 Å². The number of likely N-dealkylation sites (N-methyl/N-ethyl adjacent to an activating group) is 1. The van der Waals surface area contributed by atoms with Gasteiger partial charge in [0.05, 0.1) is 24.9 Å². The predicted octanol–water partition coefficient (Wildman–Crippen LogP) is 8.46. The van der Waals surface area contributed by atoms with Crippen molar-refractivity contribution < 1.29 is 24.5 Å². The van der Waals surface area contributed by atoms with E-state index in [1.165, 1.54) is 19.3 Å². The lowest BCUT2D eigenvalue weighted by Crippen LogP contribution is -2.61. The van der Waals surface area contributed by atoms with E-state index in [0.29, 0.717) is 13.1 Å². The number of carbonyl (C=O) groups is 1. The summed E-state index contributed by atoms with van der Waals surface area (Å²) in [6.45, 7) is 5.28. The lowest BCUT2D eigenvalue weighted by molar-refractivity contribution is -0.276. The first-order chi connectivity index (χ1) is 26.6. The van der Waals surface area contributed by atoms with Crippen LogP contribution in [-0.2, 0) is 22.6 Å². The van der Waals surface area contributed by atoms with Crippen LogP contribution in [-0.4, -0.2) is 52.4 Å². The van der Waals surface area contributed by atoms with Gasteiger partial charge in [-0.2, -0.15) is 0 Å². The minimum Gasteiger partial charge on any atom is -0.392 e. The summed E-state index contributed by atoms with van der Waals surface area (Å²) >= 11 is 0. The van der Waals surface area contributed by atoms with E-state index >= 15 is 0 Å². The fraction of sp³-hybridized carbons (Fsp3) is 0.468. The lowest BCUT2D eigenvalue weighted by atomic mass is 9.53. The molecule has 4 N–H and O–H groups in total. The van der Waals surface area contributed by atoms with Gasteiger partial charge in [0.1, 0.15) is 0 Å². The zero-order valence-electron chi connectivity index (χ0n) is 32.4. The van der Waals surface area contributed by atoms with Crippen LogP contribution in [0.25, 0.3) is 11.1 Å². The Bertz CT molecular complexity index is 1860. The average Bonchev–Trinajstić information content (AvgIpc) is 3.20. The highest BCUT2D eigenvalue weighted by Gasteiger charge is 2.51. The van der Waals surface area contributed by atoms with E-state index in [2.05, 4.69) is 71.0 Å². The first kappa shape index (κ1) is 37.9. The van der Waals surface area contributed by atoms with Crippen LogP contribution in [0.5, 0.6) is 0 Å². The molecule has 0 spiro atoms. The van der Waals surface area contributed by atoms with E-state index in [1.54, 1.807) is 0 Å². The van der Waals surface area contributed by atoms with Crippen LogP contribution in [0.1, 0.15) is 98.7 Å². The fourth-order valence-electron chi connectivity index (χ4n) is 10.4. The van der Waals surface area contributed by atoms with E-state index in [4.69, 9.17) is 9.47 Å². The Balaban J connectivity index is 0.942. The number of aliphatic hydroxyl groups is 2. The molecule has 1 aliphatic heterocycles. The summed E-state index contributed by atoms with van der Waals surface area (Å²) in [6, 6.07) is 34.3. The molecule has 2 amide bonds. The minimum atomic E-state index is -0.635. The third kappa shape index (κ3) is 8.40. The van der Waals surface area contributed by atoms with Crippen LogP contribution in [0.4, 0.5) is 4.79 Å². The third-order valence-corrected chi connectivity index (χ3v) is 13.2. The number of ether oxygens (including phenoxy) is 2. The molecule has 290 valence electrons. The van der Waals surface area contributed by atoms with Gasteiger partial charge in [0.2, 0.25) is 0 Å². The summed E-state index contributed by atoms with van der Waals surface area (Å²) in [5, 5.41) is 27.5. The quantitative estimate of drug-likeness (QED) is 0.116. The Labute approximate surface area is 326 Å². The molecule has 4 bridgehead atoms. The zero-order chi connectivity index (χ0) is 38.1. The molecule has 4 aliphatic carbocycles. The largest absolute Gasteiger partial charge is 0.392 e. The summed E-state index contributed by atoms with van der Waals surface area (Å²) in [5.74, 6) is 2.39. The normalized spacial score (nSPS) is 29.5. The monoisotopic (exact) mass is 743 g/mol. The van der Waals surface area contributed by atoms with Crippen LogP contribution in [0.3, 0.4) is 0 Å². The molecule has 0 radical (unpaired) electrons. The summed E-state index contributed by atoms with van der Waals surface area (Å²) in [5.41, 5.74) is 6.93. The Morgan fingerprint density at radius 1 is 0.818 bits per heavy atom. The summed E-state index contributed by atoms with van der Waals surface area (Å²) in [4.78, 5) is 15.3. The van der Waals surface area contributed by atoms with E-state index in [1.807, 2.05) is 68.6 Å². The summed E-state index contributed by atoms with van der Waals surface area (Å²) < 4.78 is 13.5. The van der Waals surface area contributed by atoms with Gasteiger partial charge in [-0.3, -0.25) is 4.90 Å². The lowest BCUT2D eigenvalue weighted by Gasteiger charge is -2.56. The van der Waals surface area contributed by atoms with Gasteiger partial charge >= 0.3 is 6.03 Å². The van der Waals surface area contributed by atoms with Crippen molar-refractivity contribution in [3.8, 4) is 11.1 Å². The fourth-order valence-corrected chi connectivity index (χ4v) is 10.4. The topological polar surface area (TPSA) is 103 Å². The molecule has 4 aromatic rings. The van der Waals surface area contributed by atoms with E-state index in [0.717, 1.165) is 76.0 Å². The Morgan fingerprint density at radius 2 is 1.47 bits per heavy atom. The summed E-state index contributed by atoms with van der Waals surface area (Å²) in [6.07, 6.45) is 5.85. The molecule has 5 aliphatic rings. The van der Waals surface area contributed by atoms with Crippen molar-refractivity contribution in [1.29, 1.82) is 0 Å². The maximum absolute atomic E-state index is 13.1. The Kier molecular flexibility index (Phi) is 11.2. The second-order valence-electron chi connectivity index (χ2n) is 17.2. The van der Waals surface area contributed by atoms with Gasteiger partial charge in [-0.05, 0) is 110 Å². The number of benzene rings is 4. The number of urea groups is 1. The number of nitrogens with zero attached hydrogens (tertiary/aromatic N) is 1. The zero-order valence-corrected chi connectivity index (χ0v) is 32.4. The molecule has 0 aromatic heterocycles. The number of rotatable bonds is 12. The molecule has 1 heterocycles. The van der Waals surface area contributed by atoms with Gasteiger partial charge in [-0.1, -0.05) is 104 Å². The number of hydrogen-bond acceptors (Lipinski definition) is 6. The molecule has 8 nitrogen and oxygen atoms in total. The standard InChI is InChI=1S/C47H57N3O5/c1-30-42(28-50(3)31(2)43(52)38-9-5-4-6-10-38)54-45(55-44(30)39-14-12-32(29-51)13-15-39)40-18-16-37(17-19-40)41-11-7-8-33(23-41)27-48-46(53)49-47-24-34-20-35(25-47)22-36(21-34)26-47/h4-19,23,30-31,34-36,42-45,51-52H,20-22,24-29H2,1-3H3,(H2,48,49,53)/t30-,31+,34?,35?,36?,42+,43+,44+,45+,47?/m1/s1. The number of hydrogen-bond donors (Lipinski definition) is 4. The second-order valence-corrected chi connectivity index (χ2v) is 17.2. The van der Waals surface area contributed by atoms with Crippen LogP contribution in [0, 0.1) is 23.7 Å². The molecule has 0 unspecified atom stereocenters. The van der Waals surface area contributed by atoms with E-state index in [9.17, 15) is 15.0 Å². The first-order valence-electron chi connectivity index (χ1n) is 20.3. The van der Waals surface area contributed by atoms with Gasteiger partial charge in [-0.25, -0.2) is 4.79 Å². The molecule has 6 atom stereocenters. The number of nitrogens with one attached hydrogen (secondary N) is 2. The van der Waals surface area contributed by atoms with Crippen molar-refractivity contribution in [3.63, 3.8) is 0 Å². The number of amides is 2. The maximum atomic E-state index is 13.1. The number of carbonyl (C=O) groups excluding carboxylic acids is 1. The third-order valence-electron chi connectivity index (χ3n) is 13.2. The smallest absolute Gasteiger partial charge is 0.315 e. The highest BCUT2D eigenvalue weighted by atomic mass is 16.7. The predicted molar refractivity (Wildman–Crippen MR) is 215 cm³/mol. The Hall–Kier alpha value is -4.05. The molecular weight excluding hydrogens is 687 g/mol. The van der Waals surface area contributed by atoms with Crippen molar-refractivity contribution >= 4 is 6.03 Å². The van der Waals surface area contributed by atoms with Crippen molar-refractivity contribution in [2.24, 2.45) is 23.7 Å². The second kappa shape index (κ2) is 16.2. The van der Waals surface area contributed by atoms with Gasteiger partial charge in [0.25, 0.3) is 0 Å². The van der Waals surface area contributed by atoms with Crippen LogP contribution < -0.4 is 10.6 Å². The molecule has 4 saturated carbocycles. The van der Waals surface area contributed by atoms with Gasteiger partial charge in [0.15, 0.2) is 6.29 Å². The maximum Gasteiger partial charge on any atom is 0.315 e. The van der Waals surface area contributed by atoms with Crippen LogP contribution in [0.2, 0.25) is 0 Å². The molecule has 4 aromatic carbocycles. The van der Waals surface area contributed by atoms with Crippen molar-refractivity contribution in [2.75, 3.05) is 13.6 Å². The van der Waals surface area contributed by atoms with Crippen LogP contribution >= 0.6 is 0 Å². The molecule has 55 heavy (non-hydrogen) atoms. The Morgan fingerprint density at radius 3 is 2.13 bits per heavy atom. The first-order valence-corrected chi connectivity index (χ1v) is 20.3. The molecular formula is C47H57N3O5. The molecule has 8 heteroatoms. The van der Waals surface area contributed by atoms with Crippen molar-refractivity contribution in [1.82, 2.24) is 15.5 Å². The number of aliphatic hydroxyl groups excluding tert-OH is 2. The minimum absolute atomic E-state index is 0.00396. The van der Waals surface area contributed by atoms with Crippen molar-refractivity contribution in [2.45, 2.75) is 102 Å². The molecule has 5 fully saturated rings. The molecule has 9 rings (SSSR count). The van der Waals surface area contributed by atoms with Crippen LogP contribution in [0.15, 0.2) is 103 Å². The van der Waals surface area contributed by atoms with Gasteiger partial charge < -0.3 is 30.3 Å². The SMILES string of the molecule is C[C@@H]1[C@H](CN(C)[C@@H](C)[C@H](O)c2ccccc2)O[C@H](c2ccc(-c3cccc(CNC(=O)NC45CC6CC(CC(C6)C4)C5)c3)cc2)O[C@@H]1c1ccc(CO)cc1.